The van der Waals surface area contributed by atoms with E-state index < -0.39 is 23.7 Å². The molecule has 3 heterocycles. The average Bonchev–Trinajstić information content (AvgIpc) is 3.42. The predicted molar refractivity (Wildman–Crippen MR) is 157 cm³/mol. The van der Waals surface area contributed by atoms with Crippen LogP contribution in [0.25, 0.3) is 11.3 Å². The number of oxazole rings is 1. The van der Waals surface area contributed by atoms with Crippen LogP contribution in [-0.2, 0) is 10.9 Å². The largest absolute Gasteiger partial charge is 0.451 e. The molecule has 43 heavy (non-hydrogen) atoms. The molecule has 3 atom stereocenters. The van der Waals surface area contributed by atoms with E-state index >= 15 is 0 Å². The van der Waals surface area contributed by atoms with Crippen molar-refractivity contribution >= 4 is 23.5 Å². The summed E-state index contributed by atoms with van der Waals surface area (Å²) in [5.41, 5.74) is 1.34. The first-order valence-electron chi connectivity index (χ1n) is 14.7. The van der Waals surface area contributed by atoms with Crippen LogP contribution >= 0.6 is 0 Å². The van der Waals surface area contributed by atoms with Crippen LogP contribution in [0, 0.1) is 0 Å². The van der Waals surface area contributed by atoms with Gasteiger partial charge in [0.15, 0.2) is 5.76 Å². The second kappa shape index (κ2) is 12.8. The van der Waals surface area contributed by atoms with Gasteiger partial charge < -0.3 is 24.7 Å². The molecular formula is C30H38F3N7O3. The molecular weight excluding hydrogens is 563 g/mol. The zero-order valence-electron chi connectivity index (χ0n) is 24.6. The molecule has 1 aromatic carbocycles. The van der Waals surface area contributed by atoms with Crippen LogP contribution in [0.2, 0.25) is 0 Å². The molecule has 1 aliphatic heterocycles. The number of halogens is 3. The molecule has 2 fully saturated rings. The van der Waals surface area contributed by atoms with Crippen molar-refractivity contribution in [2.24, 2.45) is 0 Å². The van der Waals surface area contributed by atoms with Crippen LogP contribution < -0.4 is 20.9 Å². The van der Waals surface area contributed by atoms with E-state index in [1.807, 2.05) is 17.0 Å². The summed E-state index contributed by atoms with van der Waals surface area (Å²) in [6, 6.07) is 8.16. The van der Waals surface area contributed by atoms with Gasteiger partial charge in [0.05, 0.1) is 24.3 Å². The maximum atomic E-state index is 12.9. The Labute approximate surface area is 248 Å². The normalized spacial score (nSPS) is 21.3. The number of hydrogen-bond acceptors (Lipinski definition) is 9. The quantitative estimate of drug-likeness (QED) is 0.280. The van der Waals surface area contributed by atoms with Crippen LogP contribution in [-0.4, -0.2) is 57.9 Å². The summed E-state index contributed by atoms with van der Waals surface area (Å²) in [7, 11) is 0. The summed E-state index contributed by atoms with van der Waals surface area (Å²) in [6.07, 6.45) is 5.10. The van der Waals surface area contributed by atoms with Gasteiger partial charge in [-0.3, -0.25) is 5.32 Å². The highest BCUT2D eigenvalue weighted by Gasteiger charge is 2.35. The number of amides is 1. The van der Waals surface area contributed by atoms with Crippen molar-refractivity contribution in [1.82, 2.24) is 20.3 Å². The third kappa shape index (κ3) is 8.37. The molecule has 3 aromatic rings. The third-order valence-corrected chi connectivity index (χ3v) is 7.50. The van der Waals surface area contributed by atoms with E-state index in [9.17, 15) is 18.0 Å². The van der Waals surface area contributed by atoms with Crippen molar-refractivity contribution in [1.29, 1.82) is 0 Å². The molecule has 10 nitrogen and oxygen atoms in total. The number of carbonyl (C=O) groups excluding carboxylic acids is 1. The van der Waals surface area contributed by atoms with E-state index in [1.165, 1.54) is 12.4 Å². The number of aromatic nitrogens is 3. The Morgan fingerprint density at radius 3 is 2.47 bits per heavy atom. The molecule has 2 aliphatic rings. The van der Waals surface area contributed by atoms with E-state index in [0.717, 1.165) is 50.6 Å². The van der Waals surface area contributed by atoms with Gasteiger partial charge >= 0.3 is 12.3 Å². The van der Waals surface area contributed by atoms with Gasteiger partial charge in [-0.1, -0.05) is 25.0 Å². The number of rotatable bonds is 7. The maximum absolute atomic E-state index is 12.9. The van der Waals surface area contributed by atoms with Gasteiger partial charge in [-0.25, -0.2) is 19.7 Å². The van der Waals surface area contributed by atoms with Crippen molar-refractivity contribution in [3.8, 4) is 11.3 Å². The van der Waals surface area contributed by atoms with Crippen LogP contribution in [0.1, 0.15) is 65.1 Å². The minimum Gasteiger partial charge on any atom is -0.444 e. The van der Waals surface area contributed by atoms with Crippen molar-refractivity contribution in [2.45, 2.75) is 89.2 Å². The average molecular weight is 602 g/mol. The van der Waals surface area contributed by atoms with Gasteiger partial charge in [-0.15, -0.1) is 0 Å². The highest BCUT2D eigenvalue weighted by atomic mass is 19.4. The Morgan fingerprint density at radius 2 is 1.74 bits per heavy atom. The van der Waals surface area contributed by atoms with E-state index in [2.05, 4.69) is 30.9 Å². The van der Waals surface area contributed by atoms with Crippen molar-refractivity contribution < 1.29 is 27.1 Å². The fourth-order valence-electron chi connectivity index (χ4n) is 5.59. The number of nitrogens with zero attached hydrogens (tertiary/aromatic N) is 4. The Balaban J connectivity index is 1.19. The van der Waals surface area contributed by atoms with Crippen molar-refractivity contribution in [2.75, 3.05) is 28.6 Å². The smallest absolute Gasteiger partial charge is 0.444 e. The van der Waals surface area contributed by atoms with E-state index in [4.69, 9.17) is 9.15 Å². The zero-order valence-corrected chi connectivity index (χ0v) is 24.6. The lowest BCUT2D eigenvalue weighted by molar-refractivity contribution is -0.145. The van der Waals surface area contributed by atoms with Gasteiger partial charge in [0.2, 0.25) is 5.82 Å². The number of carbonyl (C=O) groups is 1. The molecule has 3 unspecified atom stereocenters. The molecule has 232 valence electrons. The standard InChI is InChI=1S/C30H38F3N7O3/c1-29(2,3)43-28(41)38-20-9-6-8-19(14-20)25-17-36-27(42-25)39-24-12-5-4-11-23(24)37-21-10-7-13-40(18-21)22-15-34-26(35-16-22)30(31,32)33/h6,8-9,14-17,21,23-24,37H,4-5,7,10-13,18H2,1-3H3,(H,36,39)(H,38,41). The first kappa shape index (κ1) is 30.6. The van der Waals surface area contributed by atoms with E-state index in [1.54, 1.807) is 39.1 Å². The first-order chi connectivity index (χ1) is 20.4. The fraction of sp³-hybridized carbons (Fsp3) is 0.533. The van der Waals surface area contributed by atoms with Gasteiger partial charge in [0.1, 0.15) is 5.60 Å². The van der Waals surface area contributed by atoms with Crippen LogP contribution in [0.3, 0.4) is 0 Å². The van der Waals surface area contributed by atoms with E-state index in [-0.39, 0.29) is 18.1 Å². The Bertz CT molecular complexity index is 1370. The summed E-state index contributed by atoms with van der Waals surface area (Å²) < 4.78 is 50.1. The monoisotopic (exact) mass is 601 g/mol. The zero-order chi connectivity index (χ0) is 30.6. The predicted octanol–water partition coefficient (Wildman–Crippen LogP) is 6.48. The summed E-state index contributed by atoms with van der Waals surface area (Å²) in [4.78, 5) is 25.7. The van der Waals surface area contributed by atoms with Gasteiger partial charge in [-0.05, 0) is 58.6 Å². The third-order valence-electron chi connectivity index (χ3n) is 7.50. The van der Waals surface area contributed by atoms with Crippen molar-refractivity contribution in [3.05, 3.63) is 48.7 Å². The molecule has 0 bridgehead atoms. The maximum Gasteiger partial charge on any atom is 0.451 e. The Kier molecular flexibility index (Phi) is 9.09. The lowest BCUT2D eigenvalue weighted by atomic mass is 9.89. The molecule has 2 aromatic heterocycles. The Morgan fingerprint density at radius 1 is 1.00 bits per heavy atom. The number of nitrogens with one attached hydrogen (secondary N) is 3. The summed E-state index contributed by atoms with van der Waals surface area (Å²) >= 11 is 0. The minimum absolute atomic E-state index is 0.102. The molecule has 13 heteroatoms. The number of ether oxygens (including phenoxy) is 1. The van der Waals surface area contributed by atoms with Crippen LogP contribution in [0.15, 0.2) is 47.3 Å². The second-order valence-corrected chi connectivity index (χ2v) is 12.1. The summed E-state index contributed by atoms with van der Waals surface area (Å²) in [5.74, 6) is -0.559. The number of hydrogen-bond donors (Lipinski definition) is 3. The van der Waals surface area contributed by atoms with Gasteiger partial charge in [0.25, 0.3) is 6.01 Å². The number of anilines is 3. The van der Waals surface area contributed by atoms with Crippen LogP contribution in [0.4, 0.5) is 35.4 Å². The number of alkyl halides is 3. The molecule has 0 spiro atoms. The highest BCUT2D eigenvalue weighted by molar-refractivity contribution is 5.86. The molecule has 1 amide bonds. The topological polar surface area (TPSA) is 117 Å². The molecule has 0 radical (unpaired) electrons. The summed E-state index contributed by atoms with van der Waals surface area (Å²) in [5, 5.41) is 10.0. The molecule has 5 rings (SSSR count). The van der Waals surface area contributed by atoms with Crippen LogP contribution in [0.5, 0.6) is 0 Å². The van der Waals surface area contributed by atoms with E-state index in [0.29, 0.717) is 29.7 Å². The lowest BCUT2D eigenvalue weighted by Crippen LogP contribution is -2.55. The number of benzene rings is 1. The van der Waals surface area contributed by atoms with Gasteiger partial charge in [-0.2, -0.15) is 13.2 Å². The molecule has 1 saturated carbocycles. The molecule has 3 N–H and O–H groups in total. The minimum atomic E-state index is -4.56. The molecule has 1 aliphatic carbocycles. The lowest BCUT2D eigenvalue weighted by Gasteiger charge is -2.40. The second-order valence-electron chi connectivity index (χ2n) is 12.1. The highest BCUT2D eigenvalue weighted by Crippen LogP contribution is 2.30. The molecule has 1 saturated heterocycles. The fourth-order valence-corrected chi connectivity index (χ4v) is 5.59. The number of piperidine rings is 1. The summed E-state index contributed by atoms with van der Waals surface area (Å²) in [6.45, 7) is 6.82. The van der Waals surface area contributed by atoms with Crippen molar-refractivity contribution in [3.63, 3.8) is 0 Å². The SMILES string of the molecule is CC(C)(C)OC(=O)Nc1cccc(-c2cnc(NC3CCCCC3NC3CCCN(c4cnc(C(F)(F)F)nc4)C3)o2)c1. The Hall–Kier alpha value is -3.87. The van der Waals surface area contributed by atoms with Gasteiger partial charge in [0, 0.05) is 42.5 Å². The first-order valence-corrected chi connectivity index (χ1v) is 14.7.